The lowest BCUT2D eigenvalue weighted by Crippen LogP contribution is -2.50. The van der Waals surface area contributed by atoms with E-state index in [1.54, 1.807) is 0 Å². The highest BCUT2D eigenvalue weighted by atomic mass is 32.2. The van der Waals surface area contributed by atoms with Crippen molar-refractivity contribution in [3.05, 3.63) is 24.3 Å². The lowest BCUT2D eigenvalue weighted by atomic mass is 9.46. The molecule has 77 heavy (non-hydrogen) atoms. The van der Waals surface area contributed by atoms with Crippen molar-refractivity contribution >= 4 is 74.9 Å². The maximum Gasteiger partial charge on any atom is 0.481 e. The van der Waals surface area contributed by atoms with E-state index in [1.165, 1.54) is 63.3 Å². The minimum absolute atomic E-state index is 0.0312. The molecule has 29 heteroatoms. The van der Waals surface area contributed by atoms with Crippen molar-refractivity contribution < 1.29 is 85.3 Å². The minimum Gasteiger partial charge on any atom is -0.386 e. The number of fused-ring (bicyclic) bond motifs is 6. The van der Waals surface area contributed by atoms with E-state index in [2.05, 4.69) is 55.2 Å². The van der Waals surface area contributed by atoms with E-state index < -0.39 is 84.6 Å². The summed E-state index contributed by atoms with van der Waals surface area (Å²) in [6.07, 6.45) is 6.90. The predicted molar refractivity (Wildman–Crippen MR) is 279 cm³/mol. The largest absolute Gasteiger partial charge is 0.481 e. The lowest BCUT2D eigenvalue weighted by Gasteiger charge is -2.58. The number of ether oxygens (including phenoxy) is 1. The Morgan fingerprint density at radius 2 is 1.69 bits per heavy atom. The third-order valence-corrected chi connectivity index (χ3v) is 21.4. The van der Waals surface area contributed by atoms with E-state index in [-0.39, 0.29) is 52.9 Å². The van der Waals surface area contributed by atoms with E-state index in [9.17, 15) is 62.7 Å². The summed E-state index contributed by atoms with van der Waals surface area (Å²) in [5.74, 6) is 2.50. The Hall–Kier alpha value is -3.03. The molecule has 0 radical (unpaired) electrons. The molecular formula is C48H76N7O18P3S. The zero-order chi connectivity index (χ0) is 56.5. The Kier molecular flexibility index (Phi) is 19.7. The van der Waals surface area contributed by atoms with Crippen LogP contribution in [0.3, 0.4) is 0 Å². The number of imidazole rings is 1. The Labute approximate surface area is 451 Å². The topological polar surface area (TPSA) is 381 Å². The first kappa shape index (κ1) is 61.6. The van der Waals surface area contributed by atoms with E-state index in [0.717, 1.165) is 61.2 Å². The molecule has 4 fully saturated rings. The molecule has 1 aliphatic heterocycles. The highest BCUT2D eigenvalue weighted by Crippen LogP contribution is 2.68. The number of phosphoric acid groups is 3. The summed E-state index contributed by atoms with van der Waals surface area (Å²) in [7, 11) is -16.5. The van der Waals surface area contributed by atoms with E-state index >= 15 is 0 Å². The first-order chi connectivity index (χ1) is 35.9. The molecule has 5 aliphatic rings. The van der Waals surface area contributed by atoms with Crippen LogP contribution in [0.5, 0.6) is 0 Å². The van der Waals surface area contributed by atoms with E-state index in [1.807, 2.05) is 13.0 Å². The first-order valence-corrected chi connectivity index (χ1v) is 31.8. The number of aliphatic hydroxyl groups excluding tert-OH is 2. The third kappa shape index (κ3) is 14.5. The van der Waals surface area contributed by atoms with Crippen molar-refractivity contribution in [2.24, 2.45) is 51.8 Å². The van der Waals surface area contributed by atoms with Gasteiger partial charge in [-0.2, -0.15) is 4.31 Å². The summed E-state index contributed by atoms with van der Waals surface area (Å²) in [6, 6.07) is 0. The SMILES string of the molecule is CC(CCCC(C)C1CCC2C3CCC4=CC(=O)CCC4(C)C3CCC12C)C(=O)SCCNC(=O)CCNC(=O)C(O)C(C)(C)COP(=O)(O)OP(=O)(O)OCC1OC(n2cnc3c(N)ncnc32)C(O)C1OP(=O)(O)O. The number of aromatic nitrogens is 4. The molecule has 3 saturated carbocycles. The van der Waals surface area contributed by atoms with Crippen LogP contribution in [0.4, 0.5) is 5.82 Å². The summed E-state index contributed by atoms with van der Waals surface area (Å²) in [5.41, 5.74) is 6.21. The monoisotopic (exact) mass is 1160 g/mol. The quantitative estimate of drug-likeness (QED) is 0.0452. The number of carbonyl (C=O) groups excluding carboxylic acids is 4. The number of allylic oxidation sites excluding steroid dienone is 1. The van der Waals surface area contributed by atoms with Gasteiger partial charge in [0.15, 0.2) is 28.6 Å². The number of nitrogens with one attached hydrogen (secondary N) is 2. The molecule has 10 N–H and O–H groups in total. The number of hydrogen-bond donors (Lipinski definition) is 9. The summed E-state index contributed by atoms with van der Waals surface area (Å²) < 4.78 is 62.8. The number of amides is 2. The van der Waals surface area contributed by atoms with Gasteiger partial charge in [-0.1, -0.05) is 71.7 Å². The van der Waals surface area contributed by atoms with Crippen molar-refractivity contribution in [1.82, 2.24) is 30.2 Å². The Balaban J connectivity index is 0.762. The average molecular weight is 1160 g/mol. The number of nitrogen functional groups attached to an aromatic ring is 1. The predicted octanol–water partition coefficient (Wildman–Crippen LogP) is 5.26. The number of nitrogens with zero attached hydrogens (tertiary/aromatic N) is 4. The molecule has 25 nitrogen and oxygen atoms in total. The van der Waals surface area contributed by atoms with Crippen LogP contribution in [-0.2, 0) is 55.5 Å². The standard InChI is InChI=1S/C48H76N7O18P3S/c1-27(32-12-13-33-31-11-10-29-22-30(56)14-17-47(29,5)34(31)15-18-48(32,33)6)8-7-9-28(2)45(61)77-21-20-50-36(57)16-19-51-43(60)40(59)46(3,4)24-70-76(67,68)73-75(65,66)69-23-35-39(72-74(62,63)64)38(58)44(71-35)55-26-54-37-41(49)52-25-53-42(37)55/h22,25-28,31-35,38-40,44,58-59H,7-21,23-24H2,1-6H3,(H,50,57)(H,51,60)(H,65,66)(H,67,68)(H2,49,52,53)(H2,62,63,64). The Morgan fingerprint density at radius 1 is 0.961 bits per heavy atom. The third-order valence-electron chi connectivity index (χ3n) is 17.2. The number of hydrogen-bond acceptors (Lipinski definition) is 19. The lowest BCUT2D eigenvalue weighted by molar-refractivity contribution is -0.137. The molecule has 0 aromatic carbocycles. The van der Waals surface area contributed by atoms with E-state index in [0.29, 0.717) is 41.1 Å². The summed E-state index contributed by atoms with van der Waals surface area (Å²) in [4.78, 5) is 102. The average Bonchev–Trinajstić information content (AvgIpc) is 4.21. The zero-order valence-electron chi connectivity index (χ0n) is 44.3. The molecule has 7 rings (SSSR count). The highest BCUT2D eigenvalue weighted by Gasteiger charge is 2.59. The van der Waals surface area contributed by atoms with Gasteiger partial charge in [-0.05, 0) is 97.9 Å². The fourth-order valence-corrected chi connectivity index (χ4v) is 16.7. The van der Waals surface area contributed by atoms with Crippen LogP contribution in [0.2, 0.25) is 0 Å². The number of thioether (sulfide) groups is 1. The van der Waals surface area contributed by atoms with Gasteiger partial charge < -0.3 is 50.9 Å². The molecule has 15 unspecified atom stereocenters. The number of phosphoric ester groups is 3. The number of nitrogens with two attached hydrogens (primary N) is 1. The van der Waals surface area contributed by atoms with Crippen LogP contribution in [-0.4, -0.2) is 128 Å². The Morgan fingerprint density at radius 3 is 2.42 bits per heavy atom. The molecule has 0 spiro atoms. The molecule has 2 amide bonds. The van der Waals surface area contributed by atoms with Gasteiger partial charge in [0.05, 0.1) is 19.5 Å². The van der Waals surface area contributed by atoms with Gasteiger partial charge >= 0.3 is 23.5 Å². The molecule has 1 saturated heterocycles. The molecule has 15 atom stereocenters. The second-order valence-electron chi connectivity index (χ2n) is 22.7. The van der Waals surface area contributed by atoms with E-state index in [4.69, 9.17) is 19.5 Å². The number of carbonyl (C=O) groups is 4. The number of ketones is 1. The smallest absolute Gasteiger partial charge is 0.386 e. The number of aliphatic hydroxyl groups is 2. The van der Waals surface area contributed by atoms with Gasteiger partial charge in [0, 0.05) is 43.0 Å². The first-order valence-electron chi connectivity index (χ1n) is 26.2. The van der Waals surface area contributed by atoms with Gasteiger partial charge in [-0.15, -0.1) is 0 Å². The summed E-state index contributed by atoms with van der Waals surface area (Å²) >= 11 is 1.17. The van der Waals surface area contributed by atoms with Gasteiger partial charge in [0.1, 0.15) is 36.3 Å². The van der Waals surface area contributed by atoms with Crippen LogP contribution < -0.4 is 16.4 Å². The van der Waals surface area contributed by atoms with Crippen molar-refractivity contribution in [2.45, 2.75) is 149 Å². The van der Waals surface area contributed by atoms with Crippen molar-refractivity contribution in [2.75, 3.05) is 37.8 Å². The molecule has 4 aliphatic carbocycles. The van der Waals surface area contributed by atoms with Crippen LogP contribution in [0.25, 0.3) is 11.2 Å². The van der Waals surface area contributed by atoms with Gasteiger partial charge in [-0.25, -0.2) is 28.6 Å². The fourth-order valence-electron chi connectivity index (χ4n) is 13.0. The second kappa shape index (κ2) is 24.6. The molecule has 2 aromatic heterocycles. The molecule has 3 heterocycles. The molecule has 432 valence electrons. The van der Waals surface area contributed by atoms with Gasteiger partial charge in [-0.3, -0.25) is 37.3 Å². The summed E-state index contributed by atoms with van der Waals surface area (Å²) in [5, 5.41) is 26.9. The van der Waals surface area contributed by atoms with Crippen molar-refractivity contribution in [3.8, 4) is 0 Å². The molecule has 2 aromatic rings. The van der Waals surface area contributed by atoms with Crippen LogP contribution in [0.1, 0.15) is 125 Å². The Bertz CT molecular complexity index is 2680. The van der Waals surface area contributed by atoms with Crippen LogP contribution in [0, 0.1) is 51.8 Å². The fraction of sp³-hybridized carbons (Fsp3) is 0.771. The van der Waals surface area contributed by atoms with Crippen molar-refractivity contribution in [3.63, 3.8) is 0 Å². The van der Waals surface area contributed by atoms with Crippen LogP contribution in [0.15, 0.2) is 24.3 Å². The second-order valence-corrected chi connectivity index (χ2v) is 28.1. The minimum atomic E-state index is -5.59. The van der Waals surface area contributed by atoms with Crippen molar-refractivity contribution in [1.29, 1.82) is 0 Å². The van der Waals surface area contributed by atoms with Gasteiger partial charge in [0.25, 0.3) is 0 Å². The maximum absolute atomic E-state index is 13.0. The van der Waals surface area contributed by atoms with Gasteiger partial charge in [0.2, 0.25) is 11.8 Å². The molecule has 0 bridgehead atoms. The normalized spacial score (nSPS) is 31.2. The zero-order valence-corrected chi connectivity index (χ0v) is 47.8. The highest BCUT2D eigenvalue weighted by molar-refractivity contribution is 8.13. The summed E-state index contributed by atoms with van der Waals surface area (Å²) in [6.45, 7) is 9.88. The number of anilines is 1. The molecular weight excluding hydrogens is 1090 g/mol. The number of rotatable bonds is 25. The maximum atomic E-state index is 13.0. The van der Waals surface area contributed by atoms with Crippen LogP contribution >= 0.6 is 35.2 Å².